The van der Waals surface area contributed by atoms with Gasteiger partial charge in [-0.2, -0.15) is 0 Å². The van der Waals surface area contributed by atoms with Gasteiger partial charge in [0.15, 0.2) is 0 Å². The monoisotopic (exact) mass is 900 g/mol. The highest BCUT2D eigenvalue weighted by Gasteiger charge is 2.24. The number of rotatable bonds is 51. The van der Waals surface area contributed by atoms with Gasteiger partial charge in [-0.3, -0.25) is 9.59 Å². The van der Waals surface area contributed by atoms with E-state index in [1.54, 1.807) is 0 Å². The lowest BCUT2D eigenvalue weighted by Gasteiger charge is -2.24. The Labute approximate surface area is 398 Å². The lowest BCUT2D eigenvalue weighted by molar-refractivity contribution is -0.151. The van der Waals surface area contributed by atoms with Crippen molar-refractivity contribution in [1.82, 2.24) is 5.32 Å². The van der Waals surface area contributed by atoms with Crippen molar-refractivity contribution in [3.63, 3.8) is 0 Å². The summed E-state index contributed by atoms with van der Waals surface area (Å²) in [6.45, 7) is 6.48. The Morgan fingerprint density at radius 1 is 0.453 bits per heavy atom. The normalized spacial score (nSPS) is 13.4. The van der Waals surface area contributed by atoms with Gasteiger partial charge in [-0.1, -0.05) is 256 Å². The smallest absolute Gasteiger partial charge is 0.306 e. The third-order valence-electron chi connectivity index (χ3n) is 13.0. The second kappa shape index (κ2) is 52.1. The fourth-order valence-electron chi connectivity index (χ4n) is 8.67. The van der Waals surface area contributed by atoms with Crippen molar-refractivity contribution in [2.75, 3.05) is 6.61 Å². The van der Waals surface area contributed by atoms with Crippen molar-refractivity contribution in [1.29, 1.82) is 0 Å². The molecule has 0 aliphatic rings. The molecule has 0 radical (unpaired) electrons. The number of amides is 1. The summed E-state index contributed by atoms with van der Waals surface area (Å²) < 4.78 is 5.95. The highest BCUT2D eigenvalue weighted by atomic mass is 16.5. The summed E-state index contributed by atoms with van der Waals surface area (Å²) in [5.74, 6) is -0.480. The molecule has 6 heteroatoms. The number of allylic oxidation sites excluding steroid dienone is 6. The number of unbranched alkanes of at least 4 members (excludes halogenated alkanes) is 33. The average molecular weight is 901 g/mol. The minimum atomic E-state index is -0.792. The Kier molecular flexibility index (Phi) is 50.5. The van der Waals surface area contributed by atoms with Crippen molar-refractivity contribution in [3.8, 4) is 0 Å². The Hall–Kier alpha value is -1.92. The molecule has 376 valence electrons. The molecule has 3 unspecified atom stereocenters. The van der Waals surface area contributed by atoms with Gasteiger partial charge >= 0.3 is 5.97 Å². The molecule has 3 N–H and O–H groups in total. The van der Waals surface area contributed by atoms with Crippen LogP contribution in [0.15, 0.2) is 36.5 Å². The maximum absolute atomic E-state index is 13.2. The summed E-state index contributed by atoms with van der Waals surface area (Å²) in [6, 6.07) is -0.706. The number of esters is 1. The number of aliphatic hydroxyl groups excluding tert-OH is 2. The molecule has 0 aromatic rings. The van der Waals surface area contributed by atoms with Gasteiger partial charge < -0.3 is 20.3 Å². The maximum atomic E-state index is 13.2. The molecule has 0 bridgehead atoms. The zero-order valence-corrected chi connectivity index (χ0v) is 42.9. The number of carbonyl (C=O) groups is 2. The van der Waals surface area contributed by atoms with Gasteiger partial charge in [0.2, 0.25) is 5.91 Å². The SMILES string of the molecule is CCCCC/C=C\C/C=C\C/C=C\CCCCCCC(CC(=O)NC(CO)C(O)CCCCCCCCCCCCCCC)OC(=O)CCCCCCCCCCCCCCCCC. The van der Waals surface area contributed by atoms with Crippen molar-refractivity contribution in [2.45, 2.75) is 315 Å². The van der Waals surface area contributed by atoms with E-state index in [-0.39, 0.29) is 24.9 Å². The van der Waals surface area contributed by atoms with E-state index >= 15 is 0 Å². The van der Waals surface area contributed by atoms with Crippen LogP contribution in [0.3, 0.4) is 0 Å². The standard InChI is InChI=1S/C58H109NO5/c1-4-7-10-13-16-19-22-25-27-28-30-32-34-37-40-43-46-49-54(64-58(63)51-48-45-42-39-36-33-29-26-23-20-17-14-11-8-5-2)52-57(62)59-55(53-60)56(61)50-47-44-41-38-35-31-24-21-18-15-12-9-6-3/h16,19,25,27,30,32,54-56,60-61H,4-15,17-18,20-24,26,28-29,31,33-53H2,1-3H3,(H,59,62)/b19-16-,27-25-,32-30-. The third-order valence-corrected chi connectivity index (χ3v) is 13.0. The Balaban J connectivity index is 4.60. The summed E-state index contributed by atoms with van der Waals surface area (Å²) in [6.07, 6.45) is 62.0. The number of nitrogens with one attached hydrogen (secondary N) is 1. The summed E-state index contributed by atoms with van der Waals surface area (Å²) in [4.78, 5) is 26.2. The van der Waals surface area contributed by atoms with Crippen molar-refractivity contribution < 1.29 is 24.5 Å². The Morgan fingerprint density at radius 3 is 1.23 bits per heavy atom. The van der Waals surface area contributed by atoms with Crippen molar-refractivity contribution in [2.24, 2.45) is 0 Å². The quantitative estimate of drug-likeness (QED) is 0.0321. The van der Waals surface area contributed by atoms with Crippen LogP contribution in [0.5, 0.6) is 0 Å². The van der Waals surface area contributed by atoms with E-state index in [0.29, 0.717) is 19.3 Å². The second-order valence-electron chi connectivity index (χ2n) is 19.3. The first-order valence-corrected chi connectivity index (χ1v) is 28.2. The molecule has 0 rings (SSSR count). The van der Waals surface area contributed by atoms with Crippen LogP contribution in [0.4, 0.5) is 0 Å². The van der Waals surface area contributed by atoms with Crippen LogP contribution >= 0.6 is 0 Å². The molecular weight excluding hydrogens is 791 g/mol. The first kappa shape index (κ1) is 62.1. The Bertz CT molecular complexity index is 1060. The lowest BCUT2D eigenvalue weighted by Crippen LogP contribution is -2.46. The van der Waals surface area contributed by atoms with Crippen molar-refractivity contribution in [3.05, 3.63) is 36.5 Å². The van der Waals surface area contributed by atoms with E-state index in [1.807, 2.05) is 0 Å². The average Bonchev–Trinajstić information content (AvgIpc) is 3.29. The van der Waals surface area contributed by atoms with Crippen LogP contribution in [-0.2, 0) is 14.3 Å². The lowest BCUT2D eigenvalue weighted by atomic mass is 10.0. The largest absolute Gasteiger partial charge is 0.462 e. The van der Waals surface area contributed by atoms with E-state index in [0.717, 1.165) is 83.5 Å². The predicted molar refractivity (Wildman–Crippen MR) is 278 cm³/mol. The molecule has 0 saturated heterocycles. The highest BCUT2D eigenvalue weighted by molar-refractivity contribution is 5.77. The number of hydrogen-bond donors (Lipinski definition) is 3. The maximum Gasteiger partial charge on any atom is 0.306 e. The zero-order chi connectivity index (χ0) is 46.7. The molecule has 0 fully saturated rings. The minimum absolute atomic E-state index is 0.0669. The summed E-state index contributed by atoms with van der Waals surface area (Å²) in [7, 11) is 0. The van der Waals surface area contributed by atoms with Gasteiger partial charge in [0.05, 0.1) is 25.2 Å². The topological polar surface area (TPSA) is 95.9 Å². The number of hydrogen-bond acceptors (Lipinski definition) is 5. The number of aliphatic hydroxyl groups is 2. The van der Waals surface area contributed by atoms with E-state index in [1.165, 1.54) is 167 Å². The van der Waals surface area contributed by atoms with Crippen molar-refractivity contribution >= 4 is 11.9 Å². The van der Waals surface area contributed by atoms with Crippen LogP contribution in [0.1, 0.15) is 297 Å². The molecule has 0 aromatic carbocycles. The molecule has 0 aliphatic heterocycles. The molecule has 0 saturated carbocycles. The van der Waals surface area contributed by atoms with Gasteiger partial charge in [0, 0.05) is 6.42 Å². The van der Waals surface area contributed by atoms with Gasteiger partial charge in [-0.05, 0) is 64.2 Å². The van der Waals surface area contributed by atoms with Crippen LogP contribution in [0.2, 0.25) is 0 Å². The molecule has 0 aliphatic carbocycles. The highest BCUT2D eigenvalue weighted by Crippen LogP contribution is 2.18. The fraction of sp³-hybridized carbons (Fsp3) is 0.862. The second-order valence-corrected chi connectivity index (χ2v) is 19.3. The first-order chi connectivity index (χ1) is 31.5. The molecule has 0 aromatic heterocycles. The summed E-state index contributed by atoms with van der Waals surface area (Å²) in [5, 5.41) is 23.8. The molecule has 0 spiro atoms. The van der Waals surface area contributed by atoms with Crippen LogP contribution in [0.25, 0.3) is 0 Å². The Morgan fingerprint density at radius 2 is 0.797 bits per heavy atom. The van der Waals surface area contributed by atoms with Crippen LogP contribution in [0, 0.1) is 0 Å². The third kappa shape index (κ3) is 46.6. The minimum Gasteiger partial charge on any atom is -0.462 e. The molecule has 3 atom stereocenters. The van der Waals surface area contributed by atoms with Crippen LogP contribution < -0.4 is 5.32 Å². The predicted octanol–water partition coefficient (Wildman–Crippen LogP) is 17.2. The van der Waals surface area contributed by atoms with Gasteiger partial charge in [0.1, 0.15) is 6.10 Å². The first-order valence-electron chi connectivity index (χ1n) is 28.2. The number of carbonyl (C=O) groups excluding carboxylic acids is 2. The summed E-state index contributed by atoms with van der Waals surface area (Å²) in [5.41, 5.74) is 0. The van der Waals surface area contributed by atoms with Gasteiger partial charge in [-0.15, -0.1) is 0 Å². The van der Waals surface area contributed by atoms with Gasteiger partial charge in [-0.25, -0.2) is 0 Å². The van der Waals surface area contributed by atoms with E-state index in [4.69, 9.17) is 4.74 Å². The fourth-order valence-corrected chi connectivity index (χ4v) is 8.67. The molecule has 0 heterocycles. The van der Waals surface area contributed by atoms with E-state index in [2.05, 4.69) is 62.5 Å². The van der Waals surface area contributed by atoms with Crippen LogP contribution in [-0.4, -0.2) is 46.9 Å². The van der Waals surface area contributed by atoms with E-state index in [9.17, 15) is 19.8 Å². The summed E-state index contributed by atoms with van der Waals surface area (Å²) >= 11 is 0. The molecule has 1 amide bonds. The zero-order valence-electron chi connectivity index (χ0n) is 42.9. The molecular formula is C58H109NO5. The van der Waals surface area contributed by atoms with E-state index < -0.39 is 18.2 Å². The van der Waals surface area contributed by atoms with Gasteiger partial charge in [0.25, 0.3) is 0 Å². The molecule has 64 heavy (non-hydrogen) atoms. The molecule has 6 nitrogen and oxygen atoms in total. The number of ether oxygens (including phenoxy) is 1.